The number of fused-ring (bicyclic) bond motifs is 1. The molecule has 1 aliphatic rings. The van der Waals surface area contributed by atoms with Crippen molar-refractivity contribution in [2.75, 3.05) is 6.54 Å². The molecule has 1 fully saturated rings. The summed E-state index contributed by atoms with van der Waals surface area (Å²) in [5.41, 5.74) is -0.335. The molecule has 3 aromatic rings. The Balaban J connectivity index is 1.67. The largest absolute Gasteiger partial charge is 0.486 e. The number of carboxylic acid groups (broad SMARTS) is 1. The van der Waals surface area contributed by atoms with Crippen LogP contribution in [0.3, 0.4) is 0 Å². The summed E-state index contributed by atoms with van der Waals surface area (Å²) < 4.78 is 49.1. The summed E-state index contributed by atoms with van der Waals surface area (Å²) in [5, 5.41) is 19.0. The van der Waals surface area contributed by atoms with Gasteiger partial charge >= 0.3 is 6.09 Å². The van der Waals surface area contributed by atoms with Gasteiger partial charge in [0.1, 0.15) is 17.9 Å². The first-order chi connectivity index (χ1) is 17.5. The van der Waals surface area contributed by atoms with Crippen LogP contribution in [0.25, 0.3) is 11.0 Å². The topological polar surface area (TPSA) is 118 Å². The summed E-state index contributed by atoms with van der Waals surface area (Å²) in [4.78, 5) is 29.1. The first-order valence-corrected chi connectivity index (χ1v) is 12.0. The molecule has 9 nitrogen and oxygen atoms in total. The molecule has 1 aromatic carbocycles. The molecule has 1 atom stereocenters. The van der Waals surface area contributed by atoms with Crippen LogP contribution in [0, 0.1) is 24.4 Å². The number of ether oxygens (including phenoxy) is 1. The van der Waals surface area contributed by atoms with E-state index in [0.29, 0.717) is 24.6 Å². The van der Waals surface area contributed by atoms with Gasteiger partial charge in [-0.15, -0.1) is 0 Å². The number of hydrogen-bond donors (Lipinski definition) is 3. The number of halogens is 3. The molecule has 2 amide bonds. The Morgan fingerprint density at radius 1 is 1.22 bits per heavy atom. The Kier molecular flexibility index (Phi) is 7.28. The number of carbonyl (C=O) groups excluding carboxylic acids is 1. The van der Waals surface area contributed by atoms with Gasteiger partial charge < -0.3 is 20.5 Å². The number of nitrogens with one attached hydrogen (secondary N) is 2. The van der Waals surface area contributed by atoms with E-state index in [0.717, 1.165) is 18.9 Å². The molecule has 12 heteroatoms. The molecule has 1 unspecified atom stereocenters. The molecule has 1 aliphatic carbocycles. The highest BCUT2D eigenvalue weighted by Crippen LogP contribution is 2.39. The summed E-state index contributed by atoms with van der Waals surface area (Å²) in [6.45, 7) is 4.73. The molecule has 1 saturated carbocycles. The predicted molar refractivity (Wildman–Crippen MR) is 128 cm³/mol. The highest BCUT2D eigenvalue weighted by atomic mass is 19.2. The number of carbonyl (C=O) groups is 2. The second kappa shape index (κ2) is 10.3. The van der Waals surface area contributed by atoms with Crippen LogP contribution in [0.4, 0.5) is 18.0 Å². The van der Waals surface area contributed by atoms with Gasteiger partial charge in [0.05, 0.1) is 17.1 Å². The predicted octanol–water partition coefficient (Wildman–Crippen LogP) is 4.63. The van der Waals surface area contributed by atoms with Crippen molar-refractivity contribution in [1.29, 1.82) is 0 Å². The average Bonchev–Trinajstić information content (AvgIpc) is 3.60. The van der Waals surface area contributed by atoms with Gasteiger partial charge in [-0.3, -0.25) is 9.48 Å². The quantitative estimate of drug-likeness (QED) is 0.336. The van der Waals surface area contributed by atoms with Crippen LogP contribution in [-0.4, -0.2) is 44.0 Å². The number of nitrogens with zero attached hydrogens (tertiary/aromatic N) is 3. The van der Waals surface area contributed by atoms with E-state index in [-0.39, 0.29) is 35.1 Å². The van der Waals surface area contributed by atoms with E-state index >= 15 is 0 Å². The Morgan fingerprint density at radius 2 is 1.92 bits per heavy atom. The van der Waals surface area contributed by atoms with Crippen LogP contribution in [0.2, 0.25) is 0 Å². The number of aromatic nitrogens is 3. The number of rotatable bonds is 10. The standard InChI is InChI=1S/C25H28F3N5O4/c1-4-9-25(3,31-24(35)36)12-29-23(34)22-21-20(32-33(22)14-5-6-14)18(10-13(2)30-21)37-11-15-16(26)7-8-17(27)19(15)28/h7-8,10,14,31H,4-6,9,11-12H2,1-3H3,(H,29,34)(H,35,36). The van der Waals surface area contributed by atoms with Crippen LogP contribution in [0.5, 0.6) is 5.75 Å². The summed E-state index contributed by atoms with van der Waals surface area (Å²) in [5.74, 6) is -3.83. The second-order valence-electron chi connectivity index (χ2n) is 9.52. The Morgan fingerprint density at radius 3 is 2.57 bits per heavy atom. The van der Waals surface area contributed by atoms with Crippen LogP contribution >= 0.6 is 0 Å². The molecule has 0 radical (unpaired) electrons. The van der Waals surface area contributed by atoms with Crippen molar-refractivity contribution >= 4 is 23.0 Å². The van der Waals surface area contributed by atoms with E-state index in [1.54, 1.807) is 18.5 Å². The zero-order valence-corrected chi connectivity index (χ0v) is 20.7. The lowest BCUT2D eigenvalue weighted by Crippen LogP contribution is -2.53. The summed E-state index contributed by atoms with van der Waals surface area (Å²) in [6.07, 6.45) is 1.62. The van der Waals surface area contributed by atoms with Crippen molar-refractivity contribution in [1.82, 2.24) is 25.4 Å². The van der Waals surface area contributed by atoms with E-state index in [2.05, 4.69) is 20.7 Å². The van der Waals surface area contributed by atoms with E-state index in [1.807, 2.05) is 6.92 Å². The van der Waals surface area contributed by atoms with E-state index < -0.39 is 47.2 Å². The van der Waals surface area contributed by atoms with E-state index in [9.17, 15) is 27.9 Å². The minimum Gasteiger partial charge on any atom is -0.486 e. The van der Waals surface area contributed by atoms with Crippen molar-refractivity contribution in [2.45, 2.75) is 64.6 Å². The third-order valence-corrected chi connectivity index (χ3v) is 6.22. The summed E-state index contributed by atoms with van der Waals surface area (Å²) >= 11 is 0. The molecule has 2 aromatic heterocycles. The van der Waals surface area contributed by atoms with Gasteiger partial charge in [-0.1, -0.05) is 13.3 Å². The fourth-order valence-electron chi connectivity index (χ4n) is 4.28. The SMILES string of the molecule is CCCC(C)(CNC(=O)c1c2nc(C)cc(OCc3c(F)ccc(F)c3F)c2nn1C1CC1)NC(=O)O. The number of benzene rings is 1. The number of pyridine rings is 1. The molecule has 0 bridgehead atoms. The molecule has 2 heterocycles. The van der Waals surface area contributed by atoms with Crippen LogP contribution in [-0.2, 0) is 6.61 Å². The van der Waals surface area contributed by atoms with Gasteiger partial charge in [0.2, 0.25) is 0 Å². The highest BCUT2D eigenvalue weighted by Gasteiger charge is 2.34. The maximum Gasteiger partial charge on any atom is 0.405 e. The summed E-state index contributed by atoms with van der Waals surface area (Å²) in [7, 11) is 0. The minimum atomic E-state index is -1.34. The average molecular weight is 520 g/mol. The van der Waals surface area contributed by atoms with Gasteiger partial charge in [0.25, 0.3) is 5.91 Å². The lowest BCUT2D eigenvalue weighted by atomic mass is 9.96. The highest BCUT2D eigenvalue weighted by molar-refractivity contribution is 6.04. The van der Waals surface area contributed by atoms with Crippen molar-refractivity contribution in [2.24, 2.45) is 0 Å². The van der Waals surface area contributed by atoms with Crippen LogP contribution in [0.15, 0.2) is 18.2 Å². The zero-order chi connectivity index (χ0) is 26.9. The van der Waals surface area contributed by atoms with Crippen molar-refractivity contribution in [3.8, 4) is 5.75 Å². The maximum atomic E-state index is 14.1. The lowest BCUT2D eigenvalue weighted by Gasteiger charge is -2.29. The Labute approximate surface area is 211 Å². The second-order valence-corrected chi connectivity index (χ2v) is 9.52. The maximum absolute atomic E-state index is 14.1. The van der Waals surface area contributed by atoms with E-state index in [1.165, 1.54) is 6.07 Å². The minimum absolute atomic E-state index is 0.0274. The number of amides is 2. The van der Waals surface area contributed by atoms with Gasteiger partial charge in [-0.05, 0) is 45.2 Å². The molecule has 4 rings (SSSR count). The molecule has 0 aliphatic heterocycles. The normalized spacial score (nSPS) is 14.9. The van der Waals surface area contributed by atoms with Crippen molar-refractivity contribution in [3.63, 3.8) is 0 Å². The fraction of sp³-hybridized carbons (Fsp3) is 0.440. The Hall–Kier alpha value is -3.83. The first-order valence-electron chi connectivity index (χ1n) is 12.0. The molecule has 0 spiro atoms. The number of aryl methyl sites for hydroxylation is 1. The molecular formula is C25H28F3N5O4. The Bertz CT molecular complexity index is 1360. The molecule has 37 heavy (non-hydrogen) atoms. The van der Waals surface area contributed by atoms with Gasteiger partial charge in [0.15, 0.2) is 28.6 Å². The summed E-state index contributed by atoms with van der Waals surface area (Å²) in [6, 6.07) is 3.02. The molecular weight excluding hydrogens is 491 g/mol. The van der Waals surface area contributed by atoms with Crippen molar-refractivity contribution < 1.29 is 32.6 Å². The van der Waals surface area contributed by atoms with Gasteiger partial charge in [0, 0.05) is 18.3 Å². The molecule has 198 valence electrons. The molecule has 3 N–H and O–H groups in total. The molecule has 0 saturated heterocycles. The van der Waals surface area contributed by atoms with Gasteiger partial charge in [-0.25, -0.2) is 22.9 Å². The van der Waals surface area contributed by atoms with E-state index in [4.69, 9.17) is 4.74 Å². The van der Waals surface area contributed by atoms with Crippen molar-refractivity contribution in [3.05, 3.63) is 52.6 Å². The number of hydrogen-bond acceptors (Lipinski definition) is 5. The first kappa shape index (κ1) is 26.2. The monoisotopic (exact) mass is 519 g/mol. The zero-order valence-electron chi connectivity index (χ0n) is 20.7. The van der Waals surface area contributed by atoms with Crippen LogP contribution < -0.4 is 15.4 Å². The third kappa shape index (κ3) is 5.62. The smallest absolute Gasteiger partial charge is 0.405 e. The van der Waals surface area contributed by atoms with Gasteiger partial charge in [-0.2, -0.15) is 5.10 Å². The fourth-order valence-corrected chi connectivity index (χ4v) is 4.28. The third-order valence-electron chi connectivity index (χ3n) is 6.22. The van der Waals surface area contributed by atoms with Crippen LogP contribution in [0.1, 0.15) is 67.3 Å². The lowest BCUT2D eigenvalue weighted by molar-refractivity contribution is 0.0926.